The van der Waals surface area contributed by atoms with Gasteiger partial charge in [-0.3, -0.25) is 4.79 Å². The number of hydrogen-bond acceptors (Lipinski definition) is 2. The summed E-state index contributed by atoms with van der Waals surface area (Å²) in [6.07, 6.45) is 0. The highest BCUT2D eigenvalue weighted by Crippen LogP contribution is 2.23. The van der Waals surface area contributed by atoms with E-state index in [0.29, 0.717) is 0 Å². The van der Waals surface area contributed by atoms with Gasteiger partial charge >= 0.3 is 0 Å². The predicted octanol–water partition coefficient (Wildman–Crippen LogP) is 0.961. The van der Waals surface area contributed by atoms with E-state index < -0.39 is 19.1 Å². The molecule has 0 aromatic rings. The van der Waals surface area contributed by atoms with Crippen LogP contribution < -0.4 is 0 Å². The van der Waals surface area contributed by atoms with Crippen LogP contribution >= 0.6 is 34.8 Å². The van der Waals surface area contributed by atoms with Gasteiger partial charge in [0.05, 0.1) is 0 Å². The van der Waals surface area contributed by atoms with Crippen molar-refractivity contribution in [2.45, 2.75) is 10.3 Å². The maximum Gasteiger partial charge on any atom is 0.289 e. The summed E-state index contributed by atoms with van der Waals surface area (Å²) >= 11 is 15.9. The Hall–Kier alpha value is 0.557. The Morgan fingerprint density at radius 2 is 2.00 bits per heavy atom. The minimum atomic E-state index is -1.36. The minimum Gasteiger partial charge on any atom is -0.521 e. The molecule has 0 N–H and O–H groups in total. The molecule has 0 saturated heterocycles. The first-order valence-electron chi connectivity index (χ1n) is 2.12. The van der Waals surface area contributed by atoms with Crippen LogP contribution in [0.3, 0.4) is 0 Å². The topological polar surface area (TPSA) is 26.3 Å². The van der Waals surface area contributed by atoms with E-state index >= 15 is 0 Å². The summed E-state index contributed by atoms with van der Waals surface area (Å²) in [6.45, 7) is 1.28. The quantitative estimate of drug-likeness (QED) is 0.473. The maximum absolute atomic E-state index is 10.1. The third-order valence-corrected chi connectivity index (χ3v) is 2.30. The Morgan fingerprint density at radius 1 is 1.56 bits per heavy atom. The summed E-state index contributed by atoms with van der Waals surface area (Å²) in [5, 5.41) is 0. The van der Waals surface area contributed by atoms with E-state index in [1.807, 2.05) is 0 Å². The molecule has 0 rings (SSSR count). The third kappa shape index (κ3) is 8.56. The van der Waals surface area contributed by atoms with Crippen molar-refractivity contribution in [3.8, 4) is 0 Å². The molecular weight excluding hydrogens is 202 g/mol. The van der Waals surface area contributed by atoms with Gasteiger partial charge in [0.2, 0.25) is 3.42 Å². The summed E-state index contributed by atoms with van der Waals surface area (Å²) in [6, 6.07) is 0. The van der Waals surface area contributed by atoms with Crippen molar-refractivity contribution in [1.29, 1.82) is 0 Å². The summed E-state index contributed by atoms with van der Waals surface area (Å²) in [5.41, 5.74) is 0. The van der Waals surface area contributed by atoms with E-state index in [-0.39, 0.29) is 0 Å². The molecule has 0 spiro atoms. The molecule has 54 valence electrons. The van der Waals surface area contributed by atoms with Gasteiger partial charge in [0.1, 0.15) is 0 Å². The highest BCUT2D eigenvalue weighted by molar-refractivity contribution is 6.85. The van der Waals surface area contributed by atoms with Gasteiger partial charge in [-0.15, -0.1) is 0 Å². The summed E-state index contributed by atoms with van der Waals surface area (Å²) in [5.74, 6) is -0.395. The molecule has 0 amide bonds. The fourth-order valence-corrected chi connectivity index (χ4v) is 1.04. The highest BCUT2D eigenvalue weighted by Gasteiger charge is 2.22. The van der Waals surface area contributed by atoms with Gasteiger partial charge in [-0.25, -0.2) is 0 Å². The molecule has 0 radical (unpaired) electrons. The normalized spacial score (nSPS) is 12.4. The van der Waals surface area contributed by atoms with E-state index in [4.69, 9.17) is 34.8 Å². The van der Waals surface area contributed by atoms with Crippen LogP contribution in [-0.2, 0) is 9.22 Å². The molecule has 0 fully saturated rings. The Labute approximate surface area is 70.4 Å². The molecule has 0 aliphatic carbocycles. The SMILES string of the molecule is CC(=O)O[SiH2]C(Cl)(Cl)Cl. The van der Waals surface area contributed by atoms with Crippen LogP contribution in [0.5, 0.6) is 0 Å². The molecule has 0 unspecified atom stereocenters. The van der Waals surface area contributed by atoms with Crippen molar-refractivity contribution in [3.63, 3.8) is 0 Å². The Bertz CT molecular complexity index is 110. The Morgan fingerprint density at radius 3 is 2.11 bits per heavy atom. The second kappa shape index (κ2) is 3.66. The number of halogens is 3. The first-order chi connectivity index (χ1) is 3.92. The first-order valence-corrected chi connectivity index (χ1v) is 4.54. The van der Waals surface area contributed by atoms with Crippen molar-refractivity contribution in [1.82, 2.24) is 0 Å². The lowest BCUT2D eigenvalue weighted by Gasteiger charge is -2.07. The van der Waals surface area contributed by atoms with Crippen LogP contribution in [0.1, 0.15) is 6.92 Å². The first kappa shape index (κ1) is 9.56. The van der Waals surface area contributed by atoms with Crippen LogP contribution in [0, 0.1) is 0 Å². The van der Waals surface area contributed by atoms with Crippen molar-refractivity contribution < 1.29 is 9.22 Å². The lowest BCUT2D eigenvalue weighted by Crippen LogP contribution is -2.19. The summed E-state index contributed by atoms with van der Waals surface area (Å²) in [4.78, 5) is 10.1. The Kier molecular flexibility index (Phi) is 3.89. The molecule has 0 aromatic heterocycles. The average molecular weight is 208 g/mol. The van der Waals surface area contributed by atoms with E-state index in [1.54, 1.807) is 0 Å². The molecule has 9 heavy (non-hydrogen) atoms. The van der Waals surface area contributed by atoms with Gasteiger partial charge in [-0.1, -0.05) is 34.8 Å². The molecule has 0 saturated carbocycles. The van der Waals surface area contributed by atoms with Crippen molar-refractivity contribution in [2.24, 2.45) is 0 Å². The minimum absolute atomic E-state index is 0.395. The smallest absolute Gasteiger partial charge is 0.289 e. The van der Waals surface area contributed by atoms with Gasteiger partial charge in [0, 0.05) is 6.92 Å². The largest absolute Gasteiger partial charge is 0.521 e. The van der Waals surface area contributed by atoms with Crippen LogP contribution in [0.2, 0.25) is 0 Å². The fourth-order valence-electron chi connectivity index (χ4n) is 0.183. The van der Waals surface area contributed by atoms with Gasteiger partial charge in [-0.2, -0.15) is 0 Å². The van der Waals surface area contributed by atoms with Crippen LogP contribution in [-0.4, -0.2) is 19.1 Å². The molecule has 0 aliphatic heterocycles. The van der Waals surface area contributed by atoms with Gasteiger partial charge < -0.3 is 4.43 Å². The second-order valence-electron chi connectivity index (χ2n) is 1.40. The monoisotopic (exact) mass is 206 g/mol. The van der Waals surface area contributed by atoms with E-state index in [0.717, 1.165) is 0 Å². The number of rotatable bonds is 1. The zero-order valence-corrected chi connectivity index (χ0v) is 8.34. The van der Waals surface area contributed by atoms with Gasteiger partial charge in [0.25, 0.3) is 15.7 Å². The van der Waals surface area contributed by atoms with Gasteiger partial charge in [0.15, 0.2) is 0 Å². The molecule has 0 atom stereocenters. The van der Waals surface area contributed by atoms with Crippen LogP contribution in [0.15, 0.2) is 0 Å². The fraction of sp³-hybridized carbons (Fsp3) is 0.667. The standard InChI is InChI=1S/C3H5Cl3O2Si/c1-2(7)8-9-3(4,5)6/h9H2,1H3. The summed E-state index contributed by atoms with van der Waals surface area (Å²) < 4.78 is 3.15. The second-order valence-corrected chi connectivity index (χ2v) is 6.89. The number of hydrogen-bond donors (Lipinski definition) is 0. The molecule has 0 heterocycles. The number of carbonyl (C=O) groups excluding carboxylic acids is 1. The van der Waals surface area contributed by atoms with Crippen LogP contribution in [0.25, 0.3) is 0 Å². The number of alkyl halides is 3. The third-order valence-electron chi connectivity index (χ3n) is 0.439. The van der Waals surface area contributed by atoms with Crippen LogP contribution in [0.4, 0.5) is 0 Å². The molecule has 0 aliphatic rings. The van der Waals surface area contributed by atoms with E-state index in [9.17, 15) is 4.79 Å². The van der Waals surface area contributed by atoms with E-state index in [1.165, 1.54) is 6.92 Å². The summed E-state index contributed by atoms with van der Waals surface area (Å²) in [7, 11) is -1.35. The lowest BCUT2D eigenvalue weighted by atomic mass is 10.9. The number of carbonyl (C=O) groups is 1. The highest BCUT2D eigenvalue weighted by atomic mass is 35.6. The maximum atomic E-state index is 10.1. The molecule has 6 heteroatoms. The van der Waals surface area contributed by atoms with Gasteiger partial charge in [-0.05, 0) is 0 Å². The van der Waals surface area contributed by atoms with Crippen molar-refractivity contribution in [3.05, 3.63) is 0 Å². The Balaban J connectivity index is 3.39. The molecule has 2 nitrogen and oxygen atoms in total. The molecule has 0 aromatic carbocycles. The molecular formula is C3H5Cl3O2Si. The zero-order chi connectivity index (χ0) is 7.49. The van der Waals surface area contributed by atoms with E-state index in [2.05, 4.69) is 4.43 Å². The zero-order valence-electron chi connectivity index (χ0n) is 4.66. The average Bonchev–Trinajstić information content (AvgIpc) is 1.59. The van der Waals surface area contributed by atoms with Crippen molar-refractivity contribution in [2.75, 3.05) is 0 Å². The predicted molar refractivity (Wildman–Crippen MR) is 40.6 cm³/mol. The van der Waals surface area contributed by atoms with Crippen molar-refractivity contribution >= 4 is 50.5 Å². The molecule has 0 bridgehead atoms. The lowest BCUT2D eigenvalue weighted by molar-refractivity contribution is -0.131.